The van der Waals surface area contributed by atoms with E-state index in [1.54, 1.807) is 0 Å². The summed E-state index contributed by atoms with van der Waals surface area (Å²) in [6.07, 6.45) is 3.43. The second kappa shape index (κ2) is 6.76. The molecule has 2 aromatic carbocycles. The molecule has 0 unspecified atom stereocenters. The molecule has 2 heteroatoms. The van der Waals surface area contributed by atoms with Crippen molar-refractivity contribution in [3.8, 4) is 11.8 Å². The van der Waals surface area contributed by atoms with Crippen LogP contribution in [0.25, 0.3) is 0 Å². The fraction of sp³-hybridized carbons (Fsp3) is 0.211. The molecule has 0 saturated heterocycles. The first-order chi connectivity index (χ1) is 10.1. The van der Waals surface area contributed by atoms with Crippen molar-refractivity contribution in [1.82, 2.24) is 0 Å². The van der Waals surface area contributed by atoms with Crippen molar-refractivity contribution in [3.63, 3.8) is 0 Å². The van der Waals surface area contributed by atoms with Gasteiger partial charge in [-0.15, -0.1) is 0 Å². The topological polar surface area (TPSA) is 33.0 Å². The Balaban J connectivity index is 2.11. The van der Waals surface area contributed by atoms with Gasteiger partial charge in [-0.05, 0) is 23.3 Å². The van der Waals surface area contributed by atoms with Gasteiger partial charge in [0.15, 0.2) is 0 Å². The maximum absolute atomic E-state index is 8.68. The van der Waals surface area contributed by atoms with Crippen LogP contribution in [-0.2, 0) is 12.0 Å². The molecule has 2 rings (SSSR count). The number of nitriles is 1. The Bertz CT molecular complexity index is 651. The Morgan fingerprint density at radius 2 is 1.86 bits per heavy atom. The molecule has 2 nitrogen and oxygen atoms in total. The molecular weight excluding hydrogens is 258 g/mol. The smallest absolute Gasteiger partial charge is 0.120 e. The monoisotopic (exact) mass is 277 g/mol. The molecule has 0 N–H and O–H groups in total. The van der Waals surface area contributed by atoms with E-state index in [2.05, 4.69) is 19.9 Å². The number of rotatable bonds is 5. The first kappa shape index (κ1) is 14.9. The second-order valence-electron chi connectivity index (χ2n) is 5.49. The zero-order chi connectivity index (χ0) is 15.1. The molecule has 0 heterocycles. The SMILES string of the molecule is CC(C)(C=CC#N)c1cccc(OCc2ccccc2)c1. The summed E-state index contributed by atoms with van der Waals surface area (Å²) in [6.45, 7) is 4.72. The fourth-order valence-corrected chi connectivity index (χ4v) is 2.07. The lowest BCUT2D eigenvalue weighted by Crippen LogP contribution is -2.13. The Morgan fingerprint density at radius 3 is 2.57 bits per heavy atom. The first-order valence-electron chi connectivity index (χ1n) is 6.96. The summed E-state index contributed by atoms with van der Waals surface area (Å²) in [5.74, 6) is 0.842. The van der Waals surface area contributed by atoms with Gasteiger partial charge in [-0.1, -0.05) is 62.4 Å². The third kappa shape index (κ3) is 4.22. The number of nitrogens with zero attached hydrogens (tertiary/aromatic N) is 1. The van der Waals surface area contributed by atoms with Gasteiger partial charge in [0.2, 0.25) is 0 Å². The minimum absolute atomic E-state index is 0.193. The van der Waals surface area contributed by atoms with Crippen LogP contribution in [0.5, 0.6) is 5.75 Å². The molecule has 106 valence electrons. The van der Waals surface area contributed by atoms with E-state index < -0.39 is 0 Å². The molecule has 0 bridgehead atoms. The summed E-state index contributed by atoms with van der Waals surface area (Å²) in [4.78, 5) is 0. The van der Waals surface area contributed by atoms with Crippen LogP contribution in [0.2, 0.25) is 0 Å². The molecule has 0 atom stereocenters. The number of hydrogen-bond donors (Lipinski definition) is 0. The molecule has 0 amide bonds. The van der Waals surface area contributed by atoms with E-state index in [1.807, 2.05) is 60.7 Å². The van der Waals surface area contributed by atoms with E-state index in [-0.39, 0.29) is 5.41 Å². The average molecular weight is 277 g/mol. The van der Waals surface area contributed by atoms with Gasteiger partial charge in [0, 0.05) is 11.5 Å². The Hall–Kier alpha value is -2.53. The van der Waals surface area contributed by atoms with E-state index in [1.165, 1.54) is 6.08 Å². The Kier molecular flexibility index (Phi) is 4.79. The molecule has 0 radical (unpaired) electrons. The highest BCUT2D eigenvalue weighted by Gasteiger charge is 2.17. The van der Waals surface area contributed by atoms with Crippen molar-refractivity contribution in [2.75, 3.05) is 0 Å². The van der Waals surface area contributed by atoms with Crippen LogP contribution >= 0.6 is 0 Å². The van der Waals surface area contributed by atoms with Crippen molar-refractivity contribution in [1.29, 1.82) is 5.26 Å². The third-order valence-corrected chi connectivity index (χ3v) is 3.40. The summed E-state index contributed by atoms with van der Waals surface area (Å²) in [6, 6.07) is 20.2. The zero-order valence-electron chi connectivity index (χ0n) is 12.4. The summed E-state index contributed by atoms with van der Waals surface area (Å²) >= 11 is 0. The normalized spacial score (nSPS) is 11.3. The van der Waals surface area contributed by atoms with Crippen LogP contribution in [0.15, 0.2) is 66.7 Å². The molecule has 21 heavy (non-hydrogen) atoms. The number of allylic oxidation sites excluding steroid dienone is 2. The second-order valence-corrected chi connectivity index (χ2v) is 5.49. The van der Waals surface area contributed by atoms with Crippen molar-refractivity contribution in [2.24, 2.45) is 0 Å². The maximum atomic E-state index is 8.68. The summed E-state index contributed by atoms with van der Waals surface area (Å²) in [5.41, 5.74) is 2.08. The Labute approximate surface area is 126 Å². The van der Waals surface area contributed by atoms with Gasteiger partial charge in [-0.2, -0.15) is 5.26 Å². The van der Waals surface area contributed by atoms with Gasteiger partial charge in [0.1, 0.15) is 12.4 Å². The van der Waals surface area contributed by atoms with Gasteiger partial charge in [-0.25, -0.2) is 0 Å². The minimum atomic E-state index is -0.193. The van der Waals surface area contributed by atoms with Gasteiger partial charge in [0.25, 0.3) is 0 Å². The number of hydrogen-bond acceptors (Lipinski definition) is 2. The molecule has 0 aliphatic rings. The van der Waals surface area contributed by atoms with Crippen LogP contribution in [0.1, 0.15) is 25.0 Å². The number of ether oxygens (including phenoxy) is 1. The summed E-state index contributed by atoms with van der Waals surface area (Å²) in [5, 5.41) is 8.68. The van der Waals surface area contributed by atoms with Crippen LogP contribution in [0.4, 0.5) is 0 Å². The van der Waals surface area contributed by atoms with E-state index in [0.29, 0.717) is 6.61 Å². The zero-order valence-corrected chi connectivity index (χ0v) is 12.4. The van der Waals surface area contributed by atoms with Crippen molar-refractivity contribution < 1.29 is 4.74 Å². The van der Waals surface area contributed by atoms with Crippen molar-refractivity contribution in [3.05, 3.63) is 77.9 Å². The van der Waals surface area contributed by atoms with Crippen LogP contribution < -0.4 is 4.74 Å². The lowest BCUT2D eigenvalue weighted by molar-refractivity contribution is 0.305. The van der Waals surface area contributed by atoms with Crippen LogP contribution in [-0.4, -0.2) is 0 Å². The highest BCUT2D eigenvalue weighted by Crippen LogP contribution is 2.28. The summed E-state index contributed by atoms with van der Waals surface area (Å²) in [7, 11) is 0. The standard InChI is InChI=1S/C19H19NO/c1-19(2,12-7-13-20)17-10-6-11-18(14-17)21-15-16-8-4-3-5-9-16/h3-12,14H,15H2,1-2H3. The quantitative estimate of drug-likeness (QED) is 0.747. The molecule has 0 fully saturated rings. The lowest BCUT2D eigenvalue weighted by atomic mass is 9.84. The minimum Gasteiger partial charge on any atom is -0.489 e. The third-order valence-electron chi connectivity index (χ3n) is 3.40. The van der Waals surface area contributed by atoms with Gasteiger partial charge in [0.05, 0.1) is 6.07 Å². The van der Waals surface area contributed by atoms with E-state index in [4.69, 9.17) is 10.00 Å². The molecule has 0 aliphatic carbocycles. The highest BCUT2D eigenvalue weighted by molar-refractivity contribution is 5.36. The summed E-state index contributed by atoms with van der Waals surface area (Å²) < 4.78 is 5.84. The van der Waals surface area contributed by atoms with Crippen LogP contribution in [0.3, 0.4) is 0 Å². The van der Waals surface area contributed by atoms with Crippen LogP contribution in [0, 0.1) is 11.3 Å². The number of benzene rings is 2. The largest absolute Gasteiger partial charge is 0.489 e. The first-order valence-corrected chi connectivity index (χ1v) is 6.96. The molecular formula is C19H19NO. The maximum Gasteiger partial charge on any atom is 0.120 e. The van der Waals surface area contributed by atoms with Crippen molar-refractivity contribution in [2.45, 2.75) is 25.9 Å². The highest BCUT2D eigenvalue weighted by atomic mass is 16.5. The van der Waals surface area contributed by atoms with Gasteiger partial charge in [-0.3, -0.25) is 0 Å². The lowest BCUT2D eigenvalue weighted by Gasteiger charge is -2.21. The fourth-order valence-electron chi connectivity index (χ4n) is 2.07. The van der Waals surface area contributed by atoms with Crippen molar-refractivity contribution >= 4 is 0 Å². The molecule has 0 aromatic heterocycles. The molecule has 0 aliphatic heterocycles. The average Bonchev–Trinajstić information content (AvgIpc) is 2.52. The van der Waals surface area contributed by atoms with E-state index >= 15 is 0 Å². The van der Waals surface area contributed by atoms with Gasteiger partial charge < -0.3 is 4.74 Å². The predicted octanol–water partition coefficient (Wildman–Crippen LogP) is 4.62. The van der Waals surface area contributed by atoms with E-state index in [0.717, 1.165) is 16.9 Å². The molecule has 2 aromatic rings. The predicted molar refractivity (Wildman–Crippen MR) is 85.0 cm³/mol. The van der Waals surface area contributed by atoms with Gasteiger partial charge >= 0.3 is 0 Å². The molecule has 0 spiro atoms. The molecule has 0 saturated carbocycles. The van der Waals surface area contributed by atoms with E-state index in [9.17, 15) is 0 Å². The Morgan fingerprint density at radius 1 is 1.10 bits per heavy atom.